The van der Waals surface area contributed by atoms with Gasteiger partial charge in [-0.3, -0.25) is 4.79 Å². The van der Waals surface area contributed by atoms with E-state index in [1.165, 1.54) is 0 Å². The minimum atomic E-state index is -0.0457. The van der Waals surface area contributed by atoms with E-state index >= 15 is 0 Å². The molecule has 21 heavy (non-hydrogen) atoms. The Labute approximate surface area is 130 Å². The van der Waals surface area contributed by atoms with Gasteiger partial charge in [-0.25, -0.2) is 0 Å². The van der Waals surface area contributed by atoms with Crippen molar-refractivity contribution in [2.75, 3.05) is 12.8 Å². The van der Waals surface area contributed by atoms with Crippen molar-refractivity contribution in [3.05, 3.63) is 64.2 Å². The van der Waals surface area contributed by atoms with Crippen LogP contribution in [0.3, 0.4) is 0 Å². The number of halogens is 1. The summed E-state index contributed by atoms with van der Waals surface area (Å²) in [5, 5.41) is 0.687. The van der Waals surface area contributed by atoms with E-state index in [-0.39, 0.29) is 11.9 Å². The molecule has 0 spiro atoms. The third-order valence-corrected chi connectivity index (χ3v) is 4.11. The minimum Gasteiger partial charge on any atom is -0.398 e. The number of carbonyl (C=O) groups excluding carboxylic acids is 1. The molecule has 0 fully saturated rings. The lowest BCUT2D eigenvalue weighted by Gasteiger charge is -2.26. The molecule has 0 aliphatic rings. The maximum Gasteiger partial charge on any atom is 0.254 e. The van der Waals surface area contributed by atoms with Gasteiger partial charge in [-0.2, -0.15) is 0 Å². The van der Waals surface area contributed by atoms with Gasteiger partial charge in [-0.05, 0) is 49.2 Å². The number of anilines is 1. The molecule has 0 bridgehead atoms. The highest BCUT2D eigenvalue weighted by atomic mass is 35.5. The zero-order chi connectivity index (χ0) is 15.6. The van der Waals surface area contributed by atoms with E-state index in [0.29, 0.717) is 16.3 Å². The molecule has 2 aromatic carbocycles. The lowest BCUT2D eigenvalue weighted by atomic mass is 10.0. The summed E-state index contributed by atoms with van der Waals surface area (Å²) in [6.45, 7) is 3.85. The summed E-state index contributed by atoms with van der Waals surface area (Å²) in [7, 11) is 1.80. The average Bonchev–Trinajstić information content (AvgIpc) is 2.48. The fourth-order valence-electron chi connectivity index (χ4n) is 2.22. The zero-order valence-electron chi connectivity index (χ0n) is 12.4. The lowest BCUT2D eigenvalue weighted by Crippen LogP contribution is -2.30. The van der Waals surface area contributed by atoms with Gasteiger partial charge in [-0.15, -0.1) is 0 Å². The number of rotatable bonds is 3. The molecule has 2 aromatic rings. The molecule has 1 atom stereocenters. The van der Waals surface area contributed by atoms with Crippen LogP contribution < -0.4 is 5.73 Å². The molecule has 4 heteroatoms. The van der Waals surface area contributed by atoms with Gasteiger partial charge in [0.1, 0.15) is 0 Å². The molecule has 0 aliphatic heterocycles. The van der Waals surface area contributed by atoms with Crippen LogP contribution in [0.25, 0.3) is 0 Å². The van der Waals surface area contributed by atoms with Crippen molar-refractivity contribution in [3.63, 3.8) is 0 Å². The molecule has 110 valence electrons. The van der Waals surface area contributed by atoms with Crippen LogP contribution in [0.2, 0.25) is 5.02 Å². The first-order valence-electron chi connectivity index (χ1n) is 6.79. The van der Waals surface area contributed by atoms with Crippen molar-refractivity contribution < 1.29 is 4.79 Å². The van der Waals surface area contributed by atoms with Crippen LogP contribution in [0.15, 0.2) is 42.5 Å². The second kappa shape index (κ2) is 6.19. The molecule has 0 heterocycles. The average molecular weight is 303 g/mol. The van der Waals surface area contributed by atoms with Crippen molar-refractivity contribution >= 4 is 23.2 Å². The number of hydrogen-bond acceptors (Lipinski definition) is 2. The summed E-state index contributed by atoms with van der Waals surface area (Å²) in [6.07, 6.45) is 0. The maximum absolute atomic E-state index is 12.6. The van der Waals surface area contributed by atoms with Crippen LogP contribution >= 0.6 is 11.6 Å². The molecule has 0 radical (unpaired) electrons. The van der Waals surface area contributed by atoms with Crippen LogP contribution in [0, 0.1) is 6.92 Å². The third kappa shape index (κ3) is 3.19. The number of hydrogen-bond donors (Lipinski definition) is 1. The van der Waals surface area contributed by atoms with Crippen LogP contribution in [-0.2, 0) is 0 Å². The highest BCUT2D eigenvalue weighted by molar-refractivity contribution is 6.30. The topological polar surface area (TPSA) is 46.3 Å². The van der Waals surface area contributed by atoms with E-state index in [9.17, 15) is 4.79 Å². The summed E-state index contributed by atoms with van der Waals surface area (Å²) < 4.78 is 0. The Morgan fingerprint density at radius 3 is 2.43 bits per heavy atom. The van der Waals surface area contributed by atoms with Crippen LogP contribution in [0.1, 0.15) is 34.5 Å². The first-order chi connectivity index (χ1) is 9.91. The number of amides is 1. The quantitative estimate of drug-likeness (QED) is 0.869. The SMILES string of the molecule is Cc1c(N)cccc1C(=O)N(C)C(C)c1ccc(Cl)cc1. The standard InChI is InChI=1S/C17H19ClN2O/c1-11-15(5-4-6-16(11)19)17(21)20(3)12(2)13-7-9-14(18)10-8-13/h4-10,12H,19H2,1-3H3. The van der Waals surface area contributed by atoms with Crippen molar-refractivity contribution in [3.8, 4) is 0 Å². The van der Waals surface area contributed by atoms with Crippen molar-refractivity contribution in [2.45, 2.75) is 19.9 Å². The van der Waals surface area contributed by atoms with Gasteiger partial charge in [0.2, 0.25) is 0 Å². The molecule has 0 aliphatic carbocycles. The van der Waals surface area contributed by atoms with Gasteiger partial charge in [0.15, 0.2) is 0 Å². The zero-order valence-corrected chi connectivity index (χ0v) is 13.2. The molecule has 0 saturated heterocycles. The second-order valence-electron chi connectivity index (χ2n) is 5.16. The molecule has 0 saturated carbocycles. The number of benzene rings is 2. The normalized spacial score (nSPS) is 12.0. The Hall–Kier alpha value is -2.00. The second-order valence-corrected chi connectivity index (χ2v) is 5.60. The first kappa shape index (κ1) is 15.4. The predicted molar refractivity (Wildman–Crippen MR) is 87.6 cm³/mol. The highest BCUT2D eigenvalue weighted by Gasteiger charge is 2.20. The Morgan fingerprint density at radius 2 is 1.81 bits per heavy atom. The summed E-state index contributed by atoms with van der Waals surface area (Å²) in [5.74, 6) is -0.0396. The fourth-order valence-corrected chi connectivity index (χ4v) is 2.34. The Kier molecular flexibility index (Phi) is 4.53. The molecular weight excluding hydrogens is 284 g/mol. The van der Waals surface area contributed by atoms with Gasteiger partial charge in [-0.1, -0.05) is 29.8 Å². The van der Waals surface area contributed by atoms with Crippen molar-refractivity contribution in [1.29, 1.82) is 0 Å². The fraction of sp³-hybridized carbons (Fsp3) is 0.235. The number of nitrogen functional groups attached to an aromatic ring is 1. The number of carbonyl (C=O) groups is 1. The Morgan fingerprint density at radius 1 is 1.19 bits per heavy atom. The van der Waals surface area contributed by atoms with E-state index in [1.807, 2.05) is 38.1 Å². The van der Waals surface area contributed by atoms with Gasteiger partial charge in [0.25, 0.3) is 5.91 Å². The first-order valence-corrected chi connectivity index (χ1v) is 7.17. The minimum absolute atomic E-state index is 0.0396. The van der Waals surface area contributed by atoms with E-state index in [1.54, 1.807) is 30.1 Å². The highest BCUT2D eigenvalue weighted by Crippen LogP contribution is 2.24. The van der Waals surface area contributed by atoms with Crippen molar-refractivity contribution in [1.82, 2.24) is 4.90 Å². The molecule has 2 rings (SSSR count). The van der Waals surface area contributed by atoms with E-state index in [4.69, 9.17) is 17.3 Å². The Balaban J connectivity index is 2.26. The third-order valence-electron chi connectivity index (χ3n) is 3.86. The smallest absolute Gasteiger partial charge is 0.254 e. The van der Waals surface area contributed by atoms with Crippen LogP contribution in [0.5, 0.6) is 0 Å². The van der Waals surface area contributed by atoms with E-state index in [0.717, 1.165) is 11.1 Å². The molecule has 3 nitrogen and oxygen atoms in total. The van der Waals surface area contributed by atoms with Crippen LogP contribution in [-0.4, -0.2) is 17.9 Å². The Bertz CT molecular complexity index is 652. The molecule has 1 amide bonds. The maximum atomic E-state index is 12.6. The number of nitrogens with two attached hydrogens (primary N) is 1. The van der Waals surface area contributed by atoms with Gasteiger partial charge >= 0.3 is 0 Å². The molecular formula is C17H19ClN2O. The summed E-state index contributed by atoms with van der Waals surface area (Å²) >= 11 is 5.90. The van der Waals surface area contributed by atoms with E-state index < -0.39 is 0 Å². The monoisotopic (exact) mass is 302 g/mol. The molecule has 0 aromatic heterocycles. The van der Waals surface area contributed by atoms with E-state index in [2.05, 4.69) is 0 Å². The van der Waals surface area contributed by atoms with Crippen LogP contribution in [0.4, 0.5) is 5.69 Å². The van der Waals surface area contributed by atoms with Gasteiger partial charge in [0.05, 0.1) is 6.04 Å². The summed E-state index contributed by atoms with van der Waals surface area (Å²) in [6, 6.07) is 12.9. The van der Waals surface area contributed by atoms with Crippen molar-refractivity contribution in [2.24, 2.45) is 0 Å². The van der Waals surface area contributed by atoms with Gasteiger partial charge in [0, 0.05) is 23.3 Å². The number of nitrogens with zero attached hydrogens (tertiary/aromatic N) is 1. The predicted octanol–water partition coefficient (Wildman–Crippen LogP) is 4.06. The summed E-state index contributed by atoms with van der Waals surface area (Å²) in [4.78, 5) is 14.4. The largest absolute Gasteiger partial charge is 0.398 e. The molecule has 1 unspecified atom stereocenters. The lowest BCUT2D eigenvalue weighted by molar-refractivity contribution is 0.0742. The molecule has 2 N–H and O–H groups in total. The van der Waals surface area contributed by atoms with Gasteiger partial charge < -0.3 is 10.6 Å². The summed E-state index contributed by atoms with van der Waals surface area (Å²) in [5.41, 5.74) is 9.00.